The first-order valence-corrected chi connectivity index (χ1v) is 7.33. The van der Waals surface area contributed by atoms with Crippen molar-refractivity contribution in [1.29, 1.82) is 0 Å². The van der Waals surface area contributed by atoms with Crippen molar-refractivity contribution in [2.24, 2.45) is 0 Å². The van der Waals surface area contributed by atoms with Crippen LogP contribution in [0.3, 0.4) is 0 Å². The van der Waals surface area contributed by atoms with Gasteiger partial charge < -0.3 is 10.1 Å². The molecule has 2 rings (SSSR count). The Hall–Kier alpha value is -2.63. The van der Waals surface area contributed by atoms with Crippen LogP contribution in [0.4, 0.5) is 0 Å². The second kappa shape index (κ2) is 6.64. The fourth-order valence-electron chi connectivity index (χ4n) is 2.15. The maximum absolute atomic E-state index is 12.1. The average Bonchev–Trinajstić information content (AvgIpc) is 2.89. The topological polar surface area (TPSA) is 73.2 Å². The molecule has 0 saturated carbocycles. The van der Waals surface area contributed by atoms with E-state index in [1.807, 2.05) is 51.1 Å². The summed E-state index contributed by atoms with van der Waals surface area (Å²) < 4.78 is 6.15. The zero-order valence-corrected chi connectivity index (χ0v) is 13.8. The number of methoxy groups -OCH3 is 1. The van der Waals surface area contributed by atoms with Crippen molar-refractivity contribution >= 4 is 11.9 Å². The predicted molar refractivity (Wildman–Crippen MR) is 86.9 cm³/mol. The van der Waals surface area contributed by atoms with E-state index in [4.69, 9.17) is 4.74 Å². The molecular formula is C17H21N3O3. The van der Waals surface area contributed by atoms with E-state index in [9.17, 15) is 9.59 Å². The summed E-state index contributed by atoms with van der Waals surface area (Å²) in [6.45, 7) is 5.63. The van der Waals surface area contributed by atoms with Crippen LogP contribution in [-0.2, 0) is 16.1 Å². The van der Waals surface area contributed by atoms with Gasteiger partial charge in [-0.05, 0) is 26.8 Å². The molecule has 0 aliphatic rings. The van der Waals surface area contributed by atoms with E-state index in [2.05, 4.69) is 10.4 Å². The van der Waals surface area contributed by atoms with Gasteiger partial charge in [0.1, 0.15) is 12.2 Å². The molecule has 2 aromatic rings. The molecule has 0 aliphatic carbocycles. The third-order valence-corrected chi connectivity index (χ3v) is 3.05. The van der Waals surface area contributed by atoms with E-state index in [1.54, 1.807) is 6.07 Å². The van der Waals surface area contributed by atoms with Gasteiger partial charge in [-0.15, -0.1) is 0 Å². The van der Waals surface area contributed by atoms with E-state index in [0.29, 0.717) is 5.69 Å². The Bertz CT molecular complexity index is 700. The van der Waals surface area contributed by atoms with Gasteiger partial charge in [-0.2, -0.15) is 5.10 Å². The Kier molecular flexibility index (Phi) is 4.83. The summed E-state index contributed by atoms with van der Waals surface area (Å²) >= 11 is 0. The smallest absolute Gasteiger partial charge is 0.356 e. The second-order valence-corrected chi connectivity index (χ2v) is 6.23. The molecule has 6 nitrogen and oxygen atoms in total. The zero-order valence-electron chi connectivity index (χ0n) is 13.8. The van der Waals surface area contributed by atoms with Crippen molar-refractivity contribution in [3.8, 4) is 11.3 Å². The van der Waals surface area contributed by atoms with Crippen LogP contribution in [-0.4, -0.2) is 34.3 Å². The molecule has 23 heavy (non-hydrogen) atoms. The number of nitrogens with zero attached hydrogens (tertiary/aromatic N) is 2. The standard InChI is InChI=1S/C17H21N3O3/c1-17(2,3)18-15(21)11-20-14(16(22)23-4)10-13(19-20)12-8-6-5-7-9-12/h5-10H,11H2,1-4H3,(H,18,21). The van der Waals surface area contributed by atoms with E-state index in [0.717, 1.165) is 5.56 Å². The second-order valence-electron chi connectivity index (χ2n) is 6.23. The molecule has 0 aliphatic heterocycles. The van der Waals surface area contributed by atoms with Crippen LogP contribution in [0.1, 0.15) is 31.3 Å². The summed E-state index contributed by atoms with van der Waals surface area (Å²) in [5, 5.41) is 7.22. The molecule has 0 radical (unpaired) electrons. The molecule has 1 aromatic heterocycles. The molecule has 122 valence electrons. The van der Waals surface area contributed by atoms with E-state index < -0.39 is 5.97 Å². The van der Waals surface area contributed by atoms with Crippen LogP contribution in [0.15, 0.2) is 36.4 Å². The minimum absolute atomic E-state index is 0.0471. The van der Waals surface area contributed by atoms with Crippen LogP contribution in [0.2, 0.25) is 0 Å². The lowest BCUT2D eigenvalue weighted by Crippen LogP contribution is -2.42. The average molecular weight is 315 g/mol. The van der Waals surface area contributed by atoms with Crippen molar-refractivity contribution in [3.63, 3.8) is 0 Å². The minimum Gasteiger partial charge on any atom is -0.464 e. The quantitative estimate of drug-likeness (QED) is 0.878. The van der Waals surface area contributed by atoms with E-state index >= 15 is 0 Å². The van der Waals surface area contributed by atoms with Gasteiger partial charge in [0, 0.05) is 11.1 Å². The van der Waals surface area contributed by atoms with Gasteiger partial charge in [-0.25, -0.2) is 9.48 Å². The van der Waals surface area contributed by atoms with Crippen molar-refractivity contribution in [2.45, 2.75) is 32.9 Å². The Labute approximate surface area is 135 Å². The van der Waals surface area contributed by atoms with Crippen molar-refractivity contribution in [3.05, 3.63) is 42.1 Å². The van der Waals surface area contributed by atoms with Crippen molar-refractivity contribution in [2.75, 3.05) is 7.11 Å². The van der Waals surface area contributed by atoms with Crippen molar-refractivity contribution in [1.82, 2.24) is 15.1 Å². The number of ether oxygens (including phenoxy) is 1. The normalized spacial score (nSPS) is 11.1. The van der Waals surface area contributed by atoms with Gasteiger partial charge in [-0.3, -0.25) is 4.79 Å². The number of benzene rings is 1. The number of hydrogen-bond acceptors (Lipinski definition) is 4. The summed E-state index contributed by atoms with van der Waals surface area (Å²) in [6, 6.07) is 11.1. The highest BCUT2D eigenvalue weighted by molar-refractivity contribution is 5.89. The molecule has 0 fully saturated rings. The van der Waals surface area contributed by atoms with E-state index in [1.165, 1.54) is 11.8 Å². The summed E-state index contributed by atoms with van der Waals surface area (Å²) in [7, 11) is 1.30. The molecule has 1 amide bonds. The Morgan fingerprint density at radius 2 is 1.87 bits per heavy atom. The molecule has 0 spiro atoms. The number of rotatable bonds is 4. The lowest BCUT2D eigenvalue weighted by Gasteiger charge is -2.20. The van der Waals surface area contributed by atoms with Gasteiger partial charge in [0.05, 0.1) is 12.8 Å². The maximum Gasteiger partial charge on any atom is 0.356 e. The highest BCUT2D eigenvalue weighted by Gasteiger charge is 2.20. The molecule has 1 heterocycles. The van der Waals surface area contributed by atoms with Crippen LogP contribution in [0.5, 0.6) is 0 Å². The first kappa shape index (κ1) is 16.7. The van der Waals surface area contributed by atoms with Gasteiger partial charge in [0.25, 0.3) is 0 Å². The van der Waals surface area contributed by atoms with Crippen molar-refractivity contribution < 1.29 is 14.3 Å². The fraction of sp³-hybridized carbons (Fsp3) is 0.353. The predicted octanol–water partition coefficient (Wildman–Crippen LogP) is 2.25. The zero-order chi connectivity index (χ0) is 17.0. The highest BCUT2D eigenvalue weighted by Crippen LogP contribution is 2.19. The van der Waals surface area contributed by atoms with Crippen LogP contribution in [0, 0.1) is 0 Å². The summed E-state index contributed by atoms with van der Waals surface area (Å²) in [6.07, 6.45) is 0. The molecule has 6 heteroatoms. The molecule has 0 saturated heterocycles. The maximum atomic E-state index is 12.1. The third-order valence-electron chi connectivity index (χ3n) is 3.05. The highest BCUT2D eigenvalue weighted by atomic mass is 16.5. The van der Waals surface area contributed by atoms with Gasteiger partial charge in [0.2, 0.25) is 5.91 Å². The Morgan fingerprint density at radius 1 is 1.22 bits per heavy atom. The number of carbonyl (C=O) groups is 2. The molecule has 0 bridgehead atoms. The monoisotopic (exact) mass is 315 g/mol. The summed E-state index contributed by atoms with van der Waals surface area (Å²) in [5.74, 6) is -0.742. The van der Waals surface area contributed by atoms with Gasteiger partial charge >= 0.3 is 5.97 Å². The molecule has 0 atom stereocenters. The van der Waals surface area contributed by atoms with Gasteiger partial charge in [0.15, 0.2) is 0 Å². The van der Waals surface area contributed by atoms with Crippen LogP contribution >= 0.6 is 0 Å². The number of aromatic nitrogens is 2. The largest absolute Gasteiger partial charge is 0.464 e. The molecular weight excluding hydrogens is 294 g/mol. The summed E-state index contributed by atoms with van der Waals surface area (Å²) in [4.78, 5) is 24.0. The minimum atomic E-state index is -0.525. The van der Waals surface area contributed by atoms with Crippen LogP contribution in [0.25, 0.3) is 11.3 Å². The lowest BCUT2D eigenvalue weighted by molar-refractivity contribution is -0.123. The molecule has 0 unspecified atom stereocenters. The van der Waals surface area contributed by atoms with Crippen LogP contribution < -0.4 is 5.32 Å². The lowest BCUT2D eigenvalue weighted by atomic mass is 10.1. The number of esters is 1. The SMILES string of the molecule is COC(=O)c1cc(-c2ccccc2)nn1CC(=O)NC(C)(C)C. The summed E-state index contributed by atoms with van der Waals surface area (Å²) in [5.41, 5.74) is 1.38. The third kappa shape index (κ3) is 4.42. The molecule has 1 aromatic carbocycles. The Morgan fingerprint density at radius 3 is 2.43 bits per heavy atom. The number of amides is 1. The fourth-order valence-corrected chi connectivity index (χ4v) is 2.15. The van der Waals surface area contributed by atoms with Gasteiger partial charge in [-0.1, -0.05) is 30.3 Å². The number of hydrogen-bond donors (Lipinski definition) is 1. The first-order chi connectivity index (χ1) is 10.8. The Balaban J connectivity index is 2.32. The number of carbonyl (C=O) groups excluding carboxylic acids is 2. The van der Waals surface area contributed by atoms with E-state index in [-0.39, 0.29) is 23.7 Å². The first-order valence-electron chi connectivity index (χ1n) is 7.33. The molecule has 1 N–H and O–H groups in total. The number of nitrogens with one attached hydrogen (secondary N) is 1.